The van der Waals surface area contributed by atoms with Crippen LogP contribution in [-0.4, -0.2) is 33.7 Å². The van der Waals surface area contributed by atoms with Gasteiger partial charge >= 0.3 is 0 Å². The average molecular weight is 302 g/mol. The number of carbonyl (C=O) groups is 1. The molecule has 0 saturated heterocycles. The molecule has 1 N–H and O–H groups in total. The molecule has 0 aliphatic carbocycles. The molecule has 0 aliphatic heterocycles. The summed E-state index contributed by atoms with van der Waals surface area (Å²) in [6.45, 7) is 2.21. The van der Waals surface area contributed by atoms with Crippen molar-refractivity contribution in [1.82, 2.24) is 5.32 Å². The Balaban J connectivity index is 2.72. The summed E-state index contributed by atoms with van der Waals surface area (Å²) < 4.78 is 37.5. The van der Waals surface area contributed by atoms with Crippen LogP contribution in [0, 0.1) is 5.82 Å². The van der Waals surface area contributed by atoms with Crippen molar-refractivity contribution in [2.45, 2.75) is 19.8 Å². The Morgan fingerprint density at radius 3 is 2.40 bits per heavy atom. The lowest BCUT2D eigenvalue weighted by Gasteiger charge is -2.22. The van der Waals surface area contributed by atoms with Gasteiger partial charge in [-0.25, -0.2) is 12.8 Å². The van der Waals surface area contributed by atoms with E-state index in [1.165, 1.54) is 24.3 Å². The number of hydrogen-bond acceptors (Lipinski definition) is 3. The van der Waals surface area contributed by atoms with E-state index in [0.717, 1.165) is 17.0 Å². The maximum Gasteiger partial charge on any atom is 0.232 e. The second-order valence-corrected chi connectivity index (χ2v) is 6.32. The Morgan fingerprint density at radius 1 is 1.30 bits per heavy atom. The molecule has 112 valence electrons. The summed E-state index contributed by atoms with van der Waals surface area (Å²) >= 11 is 0. The summed E-state index contributed by atoms with van der Waals surface area (Å²) in [5.74, 6) is -0.543. The number of carbonyl (C=O) groups excluding carboxylic acids is 1. The van der Waals surface area contributed by atoms with Gasteiger partial charge in [0.05, 0.1) is 18.5 Å². The normalized spacial score (nSPS) is 11.2. The highest BCUT2D eigenvalue weighted by molar-refractivity contribution is 7.92. The smallest absolute Gasteiger partial charge is 0.232 e. The molecule has 1 amide bonds. The van der Waals surface area contributed by atoms with Gasteiger partial charge in [0, 0.05) is 13.0 Å². The van der Waals surface area contributed by atoms with Crippen molar-refractivity contribution >= 4 is 21.6 Å². The highest BCUT2D eigenvalue weighted by Gasteiger charge is 2.17. The Bertz CT molecular complexity index is 543. The molecule has 1 rings (SSSR count). The Hall–Kier alpha value is -1.63. The van der Waals surface area contributed by atoms with E-state index in [2.05, 4.69) is 5.32 Å². The highest BCUT2D eigenvalue weighted by Crippen LogP contribution is 2.17. The van der Waals surface area contributed by atoms with E-state index in [4.69, 9.17) is 0 Å². The van der Waals surface area contributed by atoms with Crippen molar-refractivity contribution in [3.05, 3.63) is 30.1 Å². The average Bonchev–Trinajstić information content (AvgIpc) is 2.35. The van der Waals surface area contributed by atoms with Crippen LogP contribution in [-0.2, 0) is 14.8 Å². The molecule has 0 aliphatic rings. The second-order valence-electron chi connectivity index (χ2n) is 4.41. The molecule has 0 heterocycles. The van der Waals surface area contributed by atoms with Crippen molar-refractivity contribution in [2.75, 3.05) is 23.7 Å². The minimum absolute atomic E-state index is 0.111. The van der Waals surface area contributed by atoms with Crippen molar-refractivity contribution in [2.24, 2.45) is 0 Å². The molecule has 0 bridgehead atoms. The van der Waals surface area contributed by atoms with Crippen LogP contribution in [0.3, 0.4) is 0 Å². The van der Waals surface area contributed by atoms with Crippen LogP contribution in [0.1, 0.15) is 19.8 Å². The lowest BCUT2D eigenvalue weighted by molar-refractivity contribution is -0.121. The molecule has 0 atom stereocenters. The van der Waals surface area contributed by atoms with Gasteiger partial charge in [-0.15, -0.1) is 0 Å². The SMILES string of the molecule is CCCC(=O)NCCN(c1ccc(F)cc1)S(C)(=O)=O. The summed E-state index contributed by atoms with van der Waals surface area (Å²) in [7, 11) is -3.48. The minimum Gasteiger partial charge on any atom is -0.354 e. The number of amides is 1. The number of hydrogen-bond donors (Lipinski definition) is 1. The summed E-state index contributed by atoms with van der Waals surface area (Å²) in [4.78, 5) is 11.3. The van der Waals surface area contributed by atoms with E-state index in [9.17, 15) is 17.6 Å². The predicted molar refractivity (Wildman–Crippen MR) is 76.5 cm³/mol. The van der Waals surface area contributed by atoms with E-state index in [0.29, 0.717) is 12.1 Å². The molecule has 0 radical (unpaired) electrons. The van der Waals surface area contributed by atoms with Gasteiger partial charge in [0.2, 0.25) is 15.9 Å². The van der Waals surface area contributed by atoms with Crippen molar-refractivity contribution in [3.63, 3.8) is 0 Å². The van der Waals surface area contributed by atoms with Gasteiger partial charge < -0.3 is 5.32 Å². The van der Waals surface area contributed by atoms with Gasteiger partial charge in [0.25, 0.3) is 0 Å². The highest BCUT2D eigenvalue weighted by atomic mass is 32.2. The maximum atomic E-state index is 12.9. The molecule has 0 aromatic heterocycles. The van der Waals surface area contributed by atoms with Crippen LogP contribution in [0.5, 0.6) is 0 Å². The van der Waals surface area contributed by atoms with Crippen LogP contribution < -0.4 is 9.62 Å². The number of sulfonamides is 1. The quantitative estimate of drug-likeness (QED) is 0.830. The Morgan fingerprint density at radius 2 is 1.90 bits per heavy atom. The number of nitrogens with one attached hydrogen (secondary N) is 1. The number of benzene rings is 1. The lowest BCUT2D eigenvalue weighted by atomic mass is 10.3. The van der Waals surface area contributed by atoms with Gasteiger partial charge in [0.1, 0.15) is 5.82 Å². The summed E-state index contributed by atoms with van der Waals surface area (Å²) in [6.07, 6.45) is 2.22. The fourth-order valence-corrected chi connectivity index (χ4v) is 2.63. The zero-order valence-corrected chi connectivity index (χ0v) is 12.4. The fraction of sp³-hybridized carbons (Fsp3) is 0.462. The molecule has 1 aromatic rings. The van der Waals surface area contributed by atoms with Crippen LogP contribution in [0.15, 0.2) is 24.3 Å². The van der Waals surface area contributed by atoms with E-state index in [1.54, 1.807) is 0 Å². The van der Waals surface area contributed by atoms with Gasteiger partial charge in [0.15, 0.2) is 0 Å². The molecule has 1 aromatic carbocycles. The topological polar surface area (TPSA) is 66.5 Å². The number of rotatable bonds is 7. The first-order valence-corrected chi connectivity index (χ1v) is 8.19. The third kappa shape index (κ3) is 5.16. The number of anilines is 1. The molecule has 5 nitrogen and oxygen atoms in total. The first-order chi connectivity index (χ1) is 9.34. The van der Waals surface area contributed by atoms with Crippen LogP contribution >= 0.6 is 0 Å². The van der Waals surface area contributed by atoms with Crippen LogP contribution in [0.4, 0.5) is 10.1 Å². The van der Waals surface area contributed by atoms with Crippen LogP contribution in [0.25, 0.3) is 0 Å². The maximum absolute atomic E-state index is 12.9. The van der Waals surface area contributed by atoms with Gasteiger partial charge in [-0.05, 0) is 30.7 Å². The van der Waals surface area contributed by atoms with Gasteiger partial charge in [-0.3, -0.25) is 9.10 Å². The van der Waals surface area contributed by atoms with E-state index in [1.807, 2.05) is 6.92 Å². The first-order valence-electron chi connectivity index (χ1n) is 6.34. The van der Waals surface area contributed by atoms with Crippen molar-refractivity contribution in [3.8, 4) is 0 Å². The Labute approximate surface area is 118 Å². The minimum atomic E-state index is -3.48. The predicted octanol–water partition coefficient (Wildman–Crippen LogP) is 1.51. The molecular weight excluding hydrogens is 283 g/mol. The summed E-state index contributed by atoms with van der Waals surface area (Å²) in [5, 5.41) is 2.65. The largest absolute Gasteiger partial charge is 0.354 e. The molecular formula is C13H19FN2O3S. The molecule has 0 unspecified atom stereocenters. The molecule has 0 spiro atoms. The molecule has 7 heteroatoms. The summed E-state index contributed by atoms with van der Waals surface area (Å²) in [5.41, 5.74) is 0.374. The zero-order chi connectivity index (χ0) is 15.2. The fourth-order valence-electron chi connectivity index (χ4n) is 1.71. The van der Waals surface area contributed by atoms with E-state index in [-0.39, 0.29) is 19.0 Å². The first kappa shape index (κ1) is 16.4. The van der Waals surface area contributed by atoms with Crippen molar-refractivity contribution < 1.29 is 17.6 Å². The standard InChI is InChI=1S/C13H19FN2O3S/c1-3-4-13(17)15-9-10-16(20(2,18)19)12-7-5-11(14)6-8-12/h5-8H,3-4,9-10H2,1-2H3,(H,15,17). The molecule has 0 saturated carbocycles. The number of nitrogens with zero attached hydrogens (tertiary/aromatic N) is 1. The number of halogens is 1. The van der Waals surface area contributed by atoms with E-state index >= 15 is 0 Å². The lowest BCUT2D eigenvalue weighted by Crippen LogP contribution is -2.38. The Kier molecular flexibility index (Phi) is 5.94. The van der Waals surface area contributed by atoms with Gasteiger partial charge in [-0.2, -0.15) is 0 Å². The zero-order valence-electron chi connectivity index (χ0n) is 11.6. The molecule has 0 fully saturated rings. The van der Waals surface area contributed by atoms with Crippen LogP contribution in [0.2, 0.25) is 0 Å². The van der Waals surface area contributed by atoms with Crippen molar-refractivity contribution in [1.29, 1.82) is 0 Å². The third-order valence-corrected chi connectivity index (χ3v) is 3.82. The molecule has 20 heavy (non-hydrogen) atoms. The monoisotopic (exact) mass is 302 g/mol. The van der Waals surface area contributed by atoms with E-state index < -0.39 is 15.8 Å². The third-order valence-electron chi connectivity index (χ3n) is 2.63. The van der Waals surface area contributed by atoms with Gasteiger partial charge in [-0.1, -0.05) is 6.92 Å². The second kappa shape index (κ2) is 7.23. The summed E-state index contributed by atoms with van der Waals surface area (Å²) in [6, 6.07) is 5.18.